The molecule has 144 valence electrons. The van der Waals surface area contributed by atoms with Crippen LogP contribution in [0.3, 0.4) is 0 Å². The summed E-state index contributed by atoms with van der Waals surface area (Å²) in [5.41, 5.74) is 4.15. The smallest absolute Gasteiger partial charge is 0.255 e. The van der Waals surface area contributed by atoms with Gasteiger partial charge in [0.05, 0.1) is 5.56 Å². The van der Waals surface area contributed by atoms with Gasteiger partial charge in [-0.05, 0) is 50.5 Å². The van der Waals surface area contributed by atoms with Gasteiger partial charge in [0.2, 0.25) is 6.79 Å². The summed E-state index contributed by atoms with van der Waals surface area (Å²) in [6.07, 6.45) is 6.35. The number of nitrogens with zero attached hydrogens (tertiary/aromatic N) is 2. The summed E-state index contributed by atoms with van der Waals surface area (Å²) in [4.78, 5) is 14.9. The number of benzene rings is 1. The molecular formula is C22H28N2O3. The van der Waals surface area contributed by atoms with Crippen LogP contribution < -0.4 is 9.47 Å². The van der Waals surface area contributed by atoms with Gasteiger partial charge in [0.1, 0.15) is 0 Å². The Morgan fingerprint density at radius 3 is 2.63 bits per heavy atom. The van der Waals surface area contributed by atoms with Gasteiger partial charge < -0.3 is 18.9 Å². The van der Waals surface area contributed by atoms with E-state index in [1.54, 1.807) is 4.90 Å². The van der Waals surface area contributed by atoms with Crippen LogP contribution in [-0.2, 0) is 6.54 Å². The number of hydrogen-bond acceptors (Lipinski definition) is 3. The van der Waals surface area contributed by atoms with E-state index in [0.29, 0.717) is 12.6 Å². The number of carbonyl (C=O) groups is 1. The molecular weight excluding hydrogens is 340 g/mol. The first-order valence-corrected chi connectivity index (χ1v) is 9.87. The lowest BCUT2D eigenvalue weighted by Gasteiger charge is -2.26. The third kappa shape index (κ3) is 3.43. The van der Waals surface area contributed by atoms with Crippen molar-refractivity contribution in [1.82, 2.24) is 9.47 Å². The number of carbonyl (C=O) groups excluding carboxylic acids is 1. The minimum atomic E-state index is 0.0721. The van der Waals surface area contributed by atoms with Crippen LogP contribution in [0, 0.1) is 13.8 Å². The molecule has 1 aliphatic carbocycles. The van der Waals surface area contributed by atoms with Gasteiger partial charge in [-0.25, -0.2) is 0 Å². The summed E-state index contributed by atoms with van der Waals surface area (Å²) in [6, 6.07) is 8.45. The van der Waals surface area contributed by atoms with E-state index in [4.69, 9.17) is 9.47 Å². The van der Waals surface area contributed by atoms with Gasteiger partial charge in [0.25, 0.3) is 5.91 Å². The molecule has 1 aromatic carbocycles. The van der Waals surface area contributed by atoms with Gasteiger partial charge >= 0.3 is 0 Å². The first-order valence-electron chi connectivity index (χ1n) is 9.87. The zero-order chi connectivity index (χ0) is 19.0. The Bertz CT molecular complexity index is 849. The Morgan fingerprint density at radius 1 is 1.11 bits per heavy atom. The Hall–Kier alpha value is -2.43. The van der Waals surface area contributed by atoms with E-state index in [0.717, 1.165) is 28.3 Å². The first kappa shape index (κ1) is 18.0. The van der Waals surface area contributed by atoms with Crippen molar-refractivity contribution in [2.24, 2.45) is 0 Å². The van der Waals surface area contributed by atoms with Crippen LogP contribution in [0.5, 0.6) is 11.5 Å². The van der Waals surface area contributed by atoms with Crippen LogP contribution in [0.25, 0.3) is 0 Å². The highest BCUT2D eigenvalue weighted by Crippen LogP contribution is 2.34. The van der Waals surface area contributed by atoms with Crippen molar-refractivity contribution in [2.45, 2.75) is 58.5 Å². The zero-order valence-corrected chi connectivity index (χ0v) is 16.5. The van der Waals surface area contributed by atoms with E-state index in [1.807, 2.05) is 25.2 Å². The maximum absolute atomic E-state index is 13.1. The molecule has 0 bridgehead atoms. The molecule has 0 N–H and O–H groups in total. The van der Waals surface area contributed by atoms with Crippen molar-refractivity contribution in [2.75, 3.05) is 13.8 Å². The third-order valence-corrected chi connectivity index (χ3v) is 5.86. The number of rotatable bonds is 4. The van der Waals surface area contributed by atoms with Crippen molar-refractivity contribution in [3.05, 3.63) is 46.8 Å². The van der Waals surface area contributed by atoms with Crippen LogP contribution in [-0.4, -0.2) is 29.2 Å². The molecule has 2 aromatic rings. The summed E-state index contributed by atoms with van der Waals surface area (Å²) in [5, 5.41) is 0. The lowest BCUT2D eigenvalue weighted by molar-refractivity contribution is 0.0784. The Morgan fingerprint density at radius 2 is 1.85 bits per heavy atom. The predicted octanol–water partition coefficient (Wildman–Crippen LogP) is 4.61. The summed E-state index contributed by atoms with van der Waals surface area (Å²) < 4.78 is 13.2. The van der Waals surface area contributed by atoms with Crippen LogP contribution >= 0.6 is 0 Å². The number of aromatic nitrogens is 1. The van der Waals surface area contributed by atoms with Crippen LogP contribution in [0.1, 0.15) is 65.5 Å². The Labute approximate surface area is 160 Å². The fourth-order valence-electron chi connectivity index (χ4n) is 4.49. The lowest BCUT2D eigenvalue weighted by Crippen LogP contribution is -2.27. The van der Waals surface area contributed by atoms with Crippen molar-refractivity contribution in [1.29, 1.82) is 0 Å². The Balaban J connectivity index is 1.52. The second-order valence-electron chi connectivity index (χ2n) is 7.80. The van der Waals surface area contributed by atoms with E-state index in [2.05, 4.69) is 24.5 Å². The normalized spacial score (nSPS) is 16.6. The average Bonchev–Trinajstić information content (AvgIpc) is 3.25. The fraction of sp³-hybridized carbons (Fsp3) is 0.500. The fourth-order valence-corrected chi connectivity index (χ4v) is 4.49. The molecule has 0 spiro atoms. The predicted molar refractivity (Wildman–Crippen MR) is 104 cm³/mol. The second-order valence-corrected chi connectivity index (χ2v) is 7.80. The molecule has 0 atom stereocenters. The van der Waals surface area contributed by atoms with Crippen LogP contribution in [0.15, 0.2) is 24.3 Å². The number of aryl methyl sites for hydroxylation is 1. The molecule has 0 radical (unpaired) electrons. The highest BCUT2D eigenvalue weighted by Gasteiger charge is 2.24. The van der Waals surface area contributed by atoms with Crippen LogP contribution in [0.4, 0.5) is 0 Å². The minimum absolute atomic E-state index is 0.0721. The third-order valence-electron chi connectivity index (χ3n) is 5.86. The van der Waals surface area contributed by atoms with E-state index < -0.39 is 0 Å². The molecule has 1 saturated carbocycles. The molecule has 1 fully saturated rings. The number of amides is 1. The second kappa shape index (κ2) is 7.29. The number of hydrogen-bond donors (Lipinski definition) is 0. The molecule has 0 saturated heterocycles. The highest BCUT2D eigenvalue weighted by atomic mass is 16.7. The molecule has 1 aromatic heterocycles. The molecule has 1 amide bonds. The average molecular weight is 368 g/mol. The Kier molecular flexibility index (Phi) is 4.85. The standard InChI is InChI=1S/C22H28N2O3/c1-15-11-19(16(2)24(15)18-7-5-4-6-8-18)22(25)23(3)13-17-9-10-20-21(12-17)27-14-26-20/h9-12,18H,4-8,13-14H2,1-3H3. The molecule has 2 aliphatic rings. The zero-order valence-electron chi connectivity index (χ0n) is 16.5. The van der Waals surface area contributed by atoms with Crippen molar-refractivity contribution >= 4 is 5.91 Å². The maximum Gasteiger partial charge on any atom is 0.255 e. The van der Waals surface area contributed by atoms with Crippen molar-refractivity contribution < 1.29 is 14.3 Å². The SMILES string of the molecule is Cc1cc(C(=O)N(C)Cc2ccc3c(c2)OCO3)c(C)n1C1CCCCC1. The summed E-state index contributed by atoms with van der Waals surface area (Å²) in [7, 11) is 1.86. The first-order chi connectivity index (χ1) is 13.0. The van der Waals surface area contributed by atoms with Gasteiger partial charge in [-0.15, -0.1) is 0 Å². The van der Waals surface area contributed by atoms with E-state index in [-0.39, 0.29) is 12.7 Å². The largest absolute Gasteiger partial charge is 0.454 e. The quantitative estimate of drug-likeness (QED) is 0.791. The lowest BCUT2D eigenvalue weighted by atomic mass is 9.95. The topological polar surface area (TPSA) is 43.7 Å². The van der Waals surface area contributed by atoms with Crippen LogP contribution in [0.2, 0.25) is 0 Å². The molecule has 5 heteroatoms. The molecule has 2 heterocycles. The van der Waals surface area contributed by atoms with E-state index in [1.165, 1.54) is 37.8 Å². The molecule has 5 nitrogen and oxygen atoms in total. The number of ether oxygens (including phenoxy) is 2. The maximum atomic E-state index is 13.1. The molecule has 1 aliphatic heterocycles. The number of fused-ring (bicyclic) bond motifs is 1. The van der Waals surface area contributed by atoms with Gasteiger partial charge in [-0.1, -0.05) is 25.3 Å². The summed E-state index contributed by atoms with van der Waals surface area (Å²) >= 11 is 0. The highest BCUT2D eigenvalue weighted by molar-refractivity contribution is 5.95. The van der Waals surface area contributed by atoms with Crippen molar-refractivity contribution in [3.63, 3.8) is 0 Å². The monoisotopic (exact) mass is 368 g/mol. The minimum Gasteiger partial charge on any atom is -0.454 e. The van der Waals surface area contributed by atoms with Gasteiger partial charge in [-0.2, -0.15) is 0 Å². The summed E-state index contributed by atoms with van der Waals surface area (Å²) in [5.74, 6) is 1.59. The molecule has 0 unspecified atom stereocenters. The van der Waals surface area contributed by atoms with Gasteiger partial charge in [0.15, 0.2) is 11.5 Å². The van der Waals surface area contributed by atoms with Gasteiger partial charge in [-0.3, -0.25) is 4.79 Å². The molecule has 4 rings (SSSR count). The summed E-state index contributed by atoms with van der Waals surface area (Å²) in [6.45, 7) is 5.02. The van der Waals surface area contributed by atoms with Crippen molar-refractivity contribution in [3.8, 4) is 11.5 Å². The molecule has 27 heavy (non-hydrogen) atoms. The van der Waals surface area contributed by atoms with E-state index >= 15 is 0 Å². The van der Waals surface area contributed by atoms with E-state index in [9.17, 15) is 4.79 Å². The van der Waals surface area contributed by atoms with Gasteiger partial charge in [0, 0.05) is 31.0 Å².